The number of piperidine rings is 1. The van der Waals surface area contributed by atoms with Gasteiger partial charge in [0.25, 0.3) is 0 Å². The predicted molar refractivity (Wildman–Crippen MR) is 76.2 cm³/mol. The molecule has 2 rings (SSSR count). The molecule has 0 bridgehead atoms. The van der Waals surface area contributed by atoms with Gasteiger partial charge >= 0.3 is 0 Å². The summed E-state index contributed by atoms with van der Waals surface area (Å²) in [4.78, 5) is 0. The van der Waals surface area contributed by atoms with Crippen LogP contribution in [-0.2, 0) is 5.41 Å². The summed E-state index contributed by atoms with van der Waals surface area (Å²) >= 11 is 0. The topological polar surface area (TPSA) is 21.3 Å². The second kappa shape index (κ2) is 5.75. The lowest BCUT2D eigenvalue weighted by Crippen LogP contribution is -2.33. The molecule has 1 heterocycles. The third-order valence-electron chi connectivity index (χ3n) is 3.60. The summed E-state index contributed by atoms with van der Waals surface area (Å²) in [6, 6.07) is 8.54. The summed E-state index contributed by atoms with van der Waals surface area (Å²) in [6.07, 6.45) is 2.56. The summed E-state index contributed by atoms with van der Waals surface area (Å²) < 4.78 is 5.87. The molecule has 0 radical (unpaired) electrons. The van der Waals surface area contributed by atoms with Gasteiger partial charge in [-0.1, -0.05) is 32.9 Å². The molecule has 1 aliphatic rings. The maximum atomic E-state index is 5.87. The first-order chi connectivity index (χ1) is 8.55. The van der Waals surface area contributed by atoms with Gasteiger partial charge in [-0.25, -0.2) is 0 Å². The van der Waals surface area contributed by atoms with E-state index in [0.29, 0.717) is 5.92 Å². The summed E-state index contributed by atoms with van der Waals surface area (Å²) in [5.74, 6) is 1.66. The molecule has 0 amide bonds. The van der Waals surface area contributed by atoms with Gasteiger partial charge < -0.3 is 10.1 Å². The molecule has 1 aromatic carbocycles. The molecule has 0 unspecified atom stereocenters. The van der Waals surface area contributed by atoms with Crippen LogP contribution >= 0.6 is 0 Å². The predicted octanol–water partition coefficient (Wildman–Crippen LogP) is 3.36. The Hall–Kier alpha value is -1.02. The Morgan fingerprint density at radius 1 is 1.22 bits per heavy atom. The average Bonchev–Trinajstić information content (AvgIpc) is 2.37. The van der Waals surface area contributed by atoms with Crippen molar-refractivity contribution in [2.75, 3.05) is 19.7 Å². The molecule has 18 heavy (non-hydrogen) atoms. The van der Waals surface area contributed by atoms with Gasteiger partial charge in [0.05, 0.1) is 6.61 Å². The molecule has 0 aromatic heterocycles. The number of benzene rings is 1. The monoisotopic (exact) mass is 247 g/mol. The van der Waals surface area contributed by atoms with Crippen LogP contribution < -0.4 is 10.1 Å². The quantitative estimate of drug-likeness (QED) is 0.884. The molecular weight excluding hydrogens is 222 g/mol. The van der Waals surface area contributed by atoms with Crippen LogP contribution in [0.15, 0.2) is 24.3 Å². The number of hydrogen-bond donors (Lipinski definition) is 1. The zero-order chi connectivity index (χ0) is 13.0. The van der Waals surface area contributed by atoms with Gasteiger partial charge in [-0.2, -0.15) is 0 Å². The molecule has 1 saturated heterocycles. The van der Waals surface area contributed by atoms with Crippen molar-refractivity contribution in [3.05, 3.63) is 29.8 Å². The molecule has 1 N–H and O–H groups in total. The first kappa shape index (κ1) is 13.4. The summed E-state index contributed by atoms with van der Waals surface area (Å²) in [6.45, 7) is 9.79. The highest BCUT2D eigenvalue weighted by Gasteiger charge is 2.15. The number of hydrogen-bond acceptors (Lipinski definition) is 2. The van der Waals surface area contributed by atoms with E-state index >= 15 is 0 Å². The Morgan fingerprint density at radius 2 is 1.94 bits per heavy atom. The van der Waals surface area contributed by atoms with Crippen molar-refractivity contribution in [1.29, 1.82) is 0 Å². The highest BCUT2D eigenvalue weighted by Crippen LogP contribution is 2.24. The second-order valence-electron chi connectivity index (χ2n) is 6.30. The molecule has 100 valence electrons. The molecule has 2 nitrogen and oxygen atoms in total. The van der Waals surface area contributed by atoms with E-state index in [9.17, 15) is 0 Å². The van der Waals surface area contributed by atoms with E-state index in [0.717, 1.165) is 25.4 Å². The lowest BCUT2D eigenvalue weighted by Gasteiger charge is -2.23. The zero-order valence-corrected chi connectivity index (χ0v) is 11.8. The summed E-state index contributed by atoms with van der Waals surface area (Å²) in [7, 11) is 0. The van der Waals surface area contributed by atoms with Crippen LogP contribution in [0, 0.1) is 5.92 Å². The Balaban J connectivity index is 1.86. The summed E-state index contributed by atoms with van der Waals surface area (Å²) in [5.41, 5.74) is 1.57. The molecule has 0 saturated carbocycles. The maximum Gasteiger partial charge on any atom is 0.119 e. The van der Waals surface area contributed by atoms with Crippen molar-refractivity contribution < 1.29 is 4.74 Å². The Bertz CT molecular complexity index is 358. The highest BCUT2D eigenvalue weighted by atomic mass is 16.5. The normalized spacial score (nSPS) is 20.7. The van der Waals surface area contributed by atoms with Gasteiger partial charge in [0.15, 0.2) is 0 Å². The van der Waals surface area contributed by atoms with Crippen LogP contribution in [0.3, 0.4) is 0 Å². The van der Waals surface area contributed by atoms with Crippen LogP contribution in [-0.4, -0.2) is 19.7 Å². The first-order valence-corrected chi connectivity index (χ1v) is 7.00. The van der Waals surface area contributed by atoms with E-state index < -0.39 is 0 Å². The van der Waals surface area contributed by atoms with Gasteiger partial charge in [-0.15, -0.1) is 0 Å². The average molecular weight is 247 g/mol. The molecule has 1 fully saturated rings. The van der Waals surface area contributed by atoms with E-state index in [2.05, 4.69) is 50.4 Å². The smallest absolute Gasteiger partial charge is 0.119 e. The van der Waals surface area contributed by atoms with Gasteiger partial charge in [0.1, 0.15) is 5.75 Å². The van der Waals surface area contributed by atoms with Crippen LogP contribution in [0.2, 0.25) is 0 Å². The fourth-order valence-corrected chi connectivity index (χ4v) is 2.33. The van der Waals surface area contributed by atoms with Crippen molar-refractivity contribution in [2.24, 2.45) is 5.92 Å². The van der Waals surface area contributed by atoms with Crippen LogP contribution in [0.5, 0.6) is 5.75 Å². The lowest BCUT2D eigenvalue weighted by molar-refractivity contribution is 0.218. The first-order valence-electron chi connectivity index (χ1n) is 7.00. The Kier molecular flexibility index (Phi) is 4.28. The fraction of sp³-hybridized carbons (Fsp3) is 0.625. The van der Waals surface area contributed by atoms with Gasteiger partial charge in [0.2, 0.25) is 0 Å². The van der Waals surface area contributed by atoms with Crippen LogP contribution in [0.1, 0.15) is 39.2 Å². The Labute approximate surface area is 111 Å². The highest BCUT2D eigenvalue weighted by molar-refractivity contribution is 5.31. The van der Waals surface area contributed by atoms with E-state index in [4.69, 9.17) is 4.74 Å². The SMILES string of the molecule is CC(C)(C)c1ccc(OC[C@@H]2CCCNC2)cc1. The maximum absolute atomic E-state index is 5.87. The van der Waals surface area contributed by atoms with Crippen LogP contribution in [0.4, 0.5) is 0 Å². The van der Waals surface area contributed by atoms with Gasteiger partial charge in [-0.05, 0) is 42.5 Å². The molecule has 2 heteroatoms. The standard InChI is InChI=1S/C16H25NO/c1-16(2,3)14-6-8-15(9-7-14)18-12-13-5-4-10-17-11-13/h6-9,13,17H,4-5,10-12H2,1-3H3/t13-/m1/s1. The van der Waals surface area contributed by atoms with Crippen molar-refractivity contribution in [1.82, 2.24) is 5.32 Å². The minimum atomic E-state index is 0.214. The molecule has 1 atom stereocenters. The van der Waals surface area contributed by atoms with E-state index in [-0.39, 0.29) is 5.41 Å². The lowest BCUT2D eigenvalue weighted by atomic mass is 9.87. The largest absolute Gasteiger partial charge is 0.493 e. The van der Waals surface area contributed by atoms with Gasteiger partial charge in [0, 0.05) is 12.5 Å². The third kappa shape index (κ3) is 3.74. The molecule has 1 aliphatic heterocycles. The van der Waals surface area contributed by atoms with E-state index in [1.807, 2.05) is 0 Å². The van der Waals surface area contributed by atoms with Gasteiger partial charge in [-0.3, -0.25) is 0 Å². The molecule has 0 spiro atoms. The van der Waals surface area contributed by atoms with Crippen molar-refractivity contribution in [3.8, 4) is 5.75 Å². The van der Waals surface area contributed by atoms with Crippen molar-refractivity contribution in [2.45, 2.75) is 39.0 Å². The second-order valence-corrected chi connectivity index (χ2v) is 6.30. The summed E-state index contributed by atoms with van der Waals surface area (Å²) in [5, 5.41) is 3.42. The Morgan fingerprint density at radius 3 is 2.50 bits per heavy atom. The third-order valence-corrected chi connectivity index (χ3v) is 3.60. The number of rotatable bonds is 3. The number of ether oxygens (including phenoxy) is 1. The van der Waals surface area contributed by atoms with Crippen molar-refractivity contribution in [3.63, 3.8) is 0 Å². The van der Waals surface area contributed by atoms with E-state index in [1.165, 1.54) is 18.4 Å². The van der Waals surface area contributed by atoms with Crippen molar-refractivity contribution >= 4 is 0 Å². The molecular formula is C16H25NO. The molecule has 0 aliphatic carbocycles. The number of nitrogens with one attached hydrogen (secondary N) is 1. The van der Waals surface area contributed by atoms with Crippen LogP contribution in [0.25, 0.3) is 0 Å². The minimum absolute atomic E-state index is 0.214. The fourth-order valence-electron chi connectivity index (χ4n) is 2.33. The molecule has 1 aromatic rings. The van der Waals surface area contributed by atoms with E-state index in [1.54, 1.807) is 0 Å². The minimum Gasteiger partial charge on any atom is -0.493 e. The zero-order valence-electron chi connectivity index (χ0n) is 11.8.